The summed E-state index contributed by atoms with van der Waals surface area (Å²) in [7, 11) is 0. The van der Waals surface area contributed by atoms with E-state index in [0.29, 0.717) is 6.07 Å². The normalized spacial score (nSPS) is 14.4. The molecule has 0 fully saturated rings. The van der Waals surface area contributed by atoms with Crippen molar-refractivity contribution in [2.45, 2.75) is 39.4 Å². The maximum absolute atomic E-state index is 13.0. The number of hydrogen-bond acceptors (Lipinski definition) is 1. The van der Waals surface area contributed by atoms with Crippen molar-refractivity contribution in [3.05, 3.63) is 40.7 Å². The van der Waals surface area contributed by atoms with E-state index in [1.54, 1.807) is 6.92 Å². The fraction of sp³-hybridized carbons (Fsp3) is 0.467. The van der Waals surface area contributed by atoms with E-state index >= 15 is 0 Å². The second-order valence-electron chi connectivity index (χ2n) is 4.79. The fourth-order valence-corrected chi connectivity index (χ4v) is 1.79. The van der Waals surface area contributed by atoms with Gasteiger partial charge >= 0.3 is 6.18 Å². The van der Waals surface area contributed by atoms with E-state index in [0.717, 1.165) is 30.7 Å². The van der Waals surface area contributed by atoms with Crippen LogP contribution in [0.5, 0.6) is 0 Å². The van der Waals surface area contributed by atoms with Gasteiger partial charge in [0.05, 0.1) is 5.56 Å². The molecule has 1 atom stereocenters. The molecule has 0 amide bonds. The zero-order valence-corrected chi connectivity index (χ0v) is 11.8. The molecule has 0 bridgehead atoms. The number of hydrogen-bond donors (Lipinski definition) is 1. The molecule has 5 heteroatoms. The first kappa shape index (κ1) is 16.7. The van der Waals surface area contributed by atoms with Gasteiger partial charge in [-0.25, -0.2) is 4.39 Å². The van der Waals surface area contributed by atoms with Crippen molar-refractivity contribution in [3.8, 4) is 0 Å². The lowest BCUT2D eigenvalue weighted by Crippen LogP contribution is -2.27. The Balaban J connectivity index is 3.08. The molecule has 1 nitrogen and oxygen atoms in total. The van der Waals surface area contributed by atoms with E-state index in [-0.39, 0.29) is 11.6 Å². The third-order valence-electron chi connectivity index (χ3n) is 3.09. The maximum atomic E-state index is 13.0. The minimum absolute atomic E-state index is 0.0125. The molecule has 0 aliphatic carbocycles. The van der Waals surface area contributed by atoms with Crippen LogP contribution in [0.4, 0.5) is 17.6 Å². The van der Waals surface area contributed by atoms with Crippen molar-refractivity contribution >= 4 is 6.08 Å². The molecule has 1 unspecified atom stereocenters. The van der Waals surface area contributed by atoms with Gasteiger partial charge in [0.1, 0.15) is 5.82 Å². The quantitative estimate of drug-likeness (QED) is 0.779. The average Bonchev–Trinajstić information content (AvgIpc) is 2.36. The van der Waals surface area contributed by atoms with E-state index in [9.17, 15) is 17.6 Å². The highest BCUT2D eigenvalue weighted by Crippen LogP contribution is 2.33. The van der Waals surface area contributed by atoms with Gasteiger partial charge in [0.25, 0.3) is 0 Å². The smallest absolute Gasteiger partial charge is 0.311 e. The van der Waals surface area contributed by atoms with Gasteiger partial charge in [-0.2, -0.15) is 13.2 Å². The average molecular weight is 289 g/mol. The van der Waals surface area contributed by atoms with Crippen LogP contribution >= 0.6 is 0 Å². The largest absolute Gasteiger partial charge is 0.417 e. The summed E-state index contributed by atoms with van der Waals surface area (Å²) < 4.78 is 51.6. The number of benzene rings is 1. The third kappa shape index (κ3) is 4.63. The zero-order chi connectivity index (χ0) is 15.3. The Morgan fingerprint density at radius 2 is 2.00 bits per heavy atom. The van der Waals surface area contributed by atoms with Gasteiger partial charge in [-0.05, 0) is 44.5 Å². The van der Waals surface area contributed by atoms with Gasteiger partial charge in [-0.15, -0.1) is 0 Å². The lowest BCUT2D eigenvalue weighted by molar-refractivity contribution is -0.137. The maximum Gasteiger partial charge on any atom is 0.417 e. The second kappa shape index (κ2) is 6.88. The molecule has 0 spiro atoms. The van der Waals surface area contributed by atoms with Crippen molar-refractivity contribution < 1.29 is 17.6 Å². The SMILES string of the molecule is CCCNC(C)/C(C)=C/c1ccc(F)cc1C(F)(F)F. The molecule has 0 heterocycles. The van der Waals surface area contributed by atoms with Crippen LogP contribution in [0.25, 0.3) is 6.08 Å². The van der Waals surface area contributed by atoms with Crippen LogP contribution in [0.15, 0.2) is 23.8 Å². The molecule has 0 aliphatic rings. The molecule has 1 N–H and O–H groups in total. The minimum atomic E-state index is -4.56. The molecule has 0 saturated carbocycles. The van der Waals surface area contributed by atoms with Gasteiger partial charge in [-0.3, -0.25) is 0 Å². The predicted octanol–water partition coefficient (Wildman–Crippen LogP) is 4.64. The highest BCUT2D eigenvalue weighted by molar-refractivity contribution is 5.58. The highest BCUT2D eigenvalue weighted by atomic mass is 19.4. The van der Waals surface area contributed by atoms with Gasteiger partial charge < -0.3 is 5.32 Å². The van der Waals surface area contributed by atoms with Crippen LogP contribution < -0.4 is 5.32 Å². The first-order valence-electron chi connectivity index (χ1n) is 6.54. The van der Waals surface area contributed by atoms with Crippen molar-refractivity contribution in [2.24, 2.45) is 0 Å². The first-order chi connectivity index (χ1) is 9.25. The summed E-state index contributed by atoms with van der Waals surface area (Å²) in [6, 6.07) is 2.71. The van der Waals surface area contributed by atoms with Gasteiger partial charge in [0, 0.05) is 6.04 Å². The molecule has 0 aliphatic heterocycles. The Kier molecular flexibility index (Phi) is 5.74. The summed E-state index contributed by atoms with van der Waals surface area (Å²) >= 11 is 0. The lowest BCUT2D eigenvalue weighted by Gasteiger charge is -2.16. The molecular formula is C15H19F4N. The Hall–Kier alpha value is -1.36. The van der Waals surface area contributed by atoms with E-state index in [1.807, 2.05) is 13.8 Å². The summed E-state index contributed by atoms with van der Waals surface area (Å²) in [5.74, 6) is -0.885. The van der Waals surface area contributed by atoms with E-state index < -0.39 is 17.6 Å². The predicted molar refractivity (Wildman–Crippen MR) is 72.8 cm³/mol. The first-order valence-corrected chi connectivity index (χ1v) is 6.54. The molecule has 20 heavy (non-hydrogen) atoms. The minimum Gasteiger partial charge on any atom is -0.311 e. The fourth-order valence-electron chi connectivity index (χ4n) is 1.79. The molecule has 1 rings (SSSR count). The molecule has 112 valence electrons. The van der Waals surface area contributed by atoms with Crippen molar-refractivity contribution in [1.29, 1.82) is 0 Å². The van der Waals surface area contributed by atoms with E-state index in [2.05, 4.69) is 5.32 Å². The van der Waals surface area contributed by atoms with Gasteiger partial charge in [0.2, 0.25) is 0 Å². The molecule has 1 aromatic carbocycles. The van der Waals surface area contributed by atoms with Crippen LogP contribution in [0.3, 0.4) is 0 Å². The van der Waals surface area contributed by atoms with Gasteiger partial charge in [-0.1, -0.05) is 24.6 Å². The van der Waals surface area contributed by atoms with Crippen molar-refractivity contribution in [1.82, 2.24) is 5.32 Å². The van der Waals surface area contributed by atoms with Crippen LogP contribution in [0, 0.1) is 5.82 Å². The Labute approximate surface area is 116 Å². The number of rotatable bonds is 5. The highest BCUT2D eigenvalue weighted by Gasteiger charge is 2.33. The second-order valence-corrected chi connectivity index (χ2v) is 4.79. The number of halogens is 4. The Morgan fingerprint density at radius 1 is 1.35 bits per heavy atom. The summed E-state index contributed by atoms with van der Waals surface area (Å²) in [5.41, 5.74) is -0.184. The molecular weight excluding hydrogens is 270 g/mol. The van der Waals surface area contributed by atoms with Crippen LogP contribution in [0.1, 0.15) is 38.3 Å². The van der Waals surface area contributed by atoms with Gasteiger partial charge in [0.15, 0.2) is 0 Å². The van der Waals surface area contributed by atoms with E-state index in [4.69, 9.17) is 0 Å². The van der Waals surface area contributed by atoms with Crippen LogP contribution in [-0.4, -0.2) is 12.6 Å². The molecule has 0 aromatic heterocycles. The third-order valence-corrected chi connectivity index (χ3v) is 3.09. The summed E-state index contributed by atoms with van der Waals surface area (Å²) in [6.07, 6.45) is -2.16. The summed E-state index contributed by atoms with van der Waals surface area (Å²) in [4.78, 5) is 0. The van der Waals surface area contributed by atoms with Crippen LogP contribution in [0.2, 0.25) is 0 Å². The van der Waals surface area contributed by atoms with Crippen molar-refractivity contribution in [2.75, 3.05) is 6.54 Å². The monoisotopic (exact) mass is 289 g/mol. The Morgan fingerprint density at radius 3 is 2.55 bits per heavy atom. The standard InChI is InChI=1S/C15H19F4N/c1-4-7-20-11(3)10(2)8-12-5-6-13(16)9-14(12)15(17,18)19/h5-6,8-9,11,20H,4,7H2,1-3H3/b10-8+. The van der Waals surface area contributed by atoms with Crippen LogP contribution in [-0.2, 0) is 6.18 Å². The summed E-state index contributed by atoms with van der Waals surface area (Å²) in [5, 5.41) is 3.20. The number of alkyl halides is 3. The zero-order valence-electron chi connectivity index (χ0n) is 11.8. The Bertz CT molecular complexity index is 477. The number of nitrogens with one attached hydrogen (secondary N) is 1. The lowest BCUT2D eigenvalue weighted by atomic mass is 10.0. The summed E-state index contributed by atoms with van der Waals surface area (Å²) in [6.45, 7) is 6.46. The molecule has 0 radical (unpaired) electrons. The molecule has 1 aromatic rings. The van der Waals surface area contributed by atoms with Crippen molar-refractivity contribution in [3.63, 3.8) is 0 Å². The van der Waals surface area contributed by atoms with E-state index in [1.165, 1.54) is 6.08 Å². The topological polar surface area (TPSA) is 12.0 Å². The molecule has 0 saturated heterocycles.